The Kier molecular flexibility index (Phi) is 4.93. The lowest BCUT2D eigenvalue weighted by Gasteiger charge is -2.06. The Balaban J connectivity index is 2.04. The Morgan fingerprint density at radius 3 is 2.41 bits per heavy atom. The summed E-state index contributed by atoms with van der Waals surface area (Å²) < 4.78 is 55.3. The standard InChI is InChI=1S/C18H11ClF4N2O2/c19-12-6-4-10(5-7-12)14-9-25(24-16(14)18(21,22)23)8-11-2-1-3-13(15(11)20)17(26)27/h1-7,9H,8H2,(H,26,27). The largest absolute Gasteiger partial charge is 0.478 e. The molecule has 0 amide bonds. The molecule has 0 aliphatic carbocycles. The molecule has 0 aliphatic rings. The first-order chi connectivity index (χ1) is 12.7. The number of aromatic carboxylic acids is 1. The van der Waals surface area contributed by atoms with E-state index in [4.69, 9.17) is 16.7 Å². The first-order valence-corrected chi connectivity index (χ1v) is 7.96. The minimum atomic E-state index is -4.72. The second-order valence-electron chi connectivity index (χ2n) is 5.68. The summed E-state index contributed by atoms with van der Waals surface area (Å²) in [7, 11) is 0. The maximum absolute atomic E-state index is 14.3. The van der Waals surface area contributed by atoms with Gasteiger partial charge in [-0.25, -0.2) is 9.18 Å². The highest BCUT2D eigenvalue weighted by Gasteiger charge is 2.37. The topological polar surface area (TPSA) is 55.1 Å². The van der Waals surface area contributed by atoms with Gasteiger partial charge in [-0.1, -0.05) is 35.9 Å². The predicted molar refractivity (Wildman–Crippen MR) is 90.1 cm³/mol. The molecule has 3 aromatic rings. The number of alkyl halides is 3. The molecular weight excluding hydrogens is 388 g/mol. The third-order valence-electron chi connectivity index (χ3n) is 3.83. The third kappa shape index (κ3) is 3.95. The van der Waals surface area contributed by atoms with Gasteiger partial charge in [0.25, 0.3) is 0 Å². The van der Waals surface area contributed by atoms with Crippen molar-refractivity contribution in [2.45, 2.75) is 12.7 Å². The molecule has 1 N–H and O–H groups in total. The van der Waals surface area contributed by atoms with E-state index in [9.17, 15) is 22.4 Å². The molecule has 0 saturated carbocycles. The van der Waals surface area contributed by atoms with E-state index in [-0.39, 0.29) is 23.2 Å². The molecule has 0 radical (unpaired) electrons. The van der Waals surface area contributed by atoms with Crippen LogP contribution in [0.5, 0.6) is 0 Å². The SMILES string of the molecule is O=C(O)c1cccc(Cn2cc(-c3ccc(Cl)cc3)c(C(F)(F)F)n2)c1F. The monoisotopic (exact) mass is 398 g/mol. The average molecular weight is 399 g/mol. The van der Waals surface area contributed by atoms with Crippen LogP contribution >= 0.6 is 11.6 Å². The van der Waals surface area contributed by atoms with Gasteiger partial charge in [0, 0.05) is 22.3 Å². The second-order valence-corrected chi connectivity index (χ2v) is 6.11. The molecule has 27 heavy (non-hydrogen) atoms. The summed E-state index contributed by atoms with van der Waals surface area (Å²) in [6.07, 6.45) is -3.58. The summed E-state index contributed by atoms with van der Waals surface area (Å²) >= 11 is 5.77. The predicted octanol–water partition coefficient (Wildman–Crippen LogP) is 5.11. The van der Waals surface area contributed by atoms with Crippen LogP contribution in [0.25, 0.3) is 11.1 Å². The van der Waals surface area contributed by atoms with Crippen LogP contribution in [0, 0.1) is 5.82 Å². The number of rotatable bonds is 4. The van der Waals surface area contributed by atoms with Gasteiger partial charge in [-0.05, 0) is 23.8 Å². The molecule has 2 aromatic carbocycles. The normalized spacial score (nSPS) is 11.6. The fourth-order valence-electron chi connectivity index (χ4n) is 2.59. The molecule has 1 heterocycles. The zero-order valence-corrected chi connectivity index (χ0v) is 14.2. The summed E-state index contributed by atoms with van der Waals surface area (Å²) in [6.45, 7) is -0.358. The van der Waals surface area contributed by atoms with Crippen LogP contribution in [0.4, 0.5) is 17.6 Å². The minimum absolute atomic E-state index is 0.0891. The lowest BCUT2D eigenvalue weighted by Crippen LogP contribution is -2.11. The van der Waals surface area contributed by atoms with Gasteiger partial charge in [-0.3, -0.25) is 4.68 Å². The van der Waals surface area contributed by atoms with Gasteiger partial charge in [-0.2, -0.15) is 18.3 Å². The van der Waals surface area contributed by atoms with Crippen molar-refractivity contribution in [3.05, 3.63) is 76.3 Å². The van der Waals surface area contributed by atoms with Gasteiger partial charge in [0.15, 0.2) is 5.69 Å². The molecule has 0 atom stereocenters. The zero-order valence-electron chi connectivity index (χ0n) is 13.5. The number of carboxylic acids is 1. The number of hydrogen-bond acceptors (Lipinski definition) is 2. The Morgan fingerprint density at radius 2 is 1.81 bits per heavy atom. The highest BCUT2D eigenvalue weighted by molar-refractivity contribution is 6.30. The fraction of sp³-hybridized carbons (Fsp3) is 0.111. The number of aromatic nitrogens is 2. The Hall–Kier alpha value is -2.87. The van der Waals surface area contributed by atoms with E-state index < -0.39 is 29.2 Å². The van der Waals surface area contributed by atoms with E-state index in [1.165, 1.54) is 36.4 Å². The number of hydrogen-bond donors (Lipinski definition) is 1. The number of benzene rings is 2. The number of halogens is 5. The first kappa shape index (κ1) is 18.9. The Morgan fingerprint density at radius 1 is 1.15 bits per heavy atom. The van der Waals surface area contributed by atoms with Gasteiger partial charge in [0.2, 0.25) is 0 Å². The van der Waals surface area contributed by atoms with Crippen molar-refractivity contribution >= 4 is 17.6 Å². The molecule has 0 spiro atoms. The van der Waals surface area contributed by atoms with Crippen molar-refractivity contribution in [3.63, 3.8) is 0 Å². The molecule has 9 heteroatoms. The molecule has 4 nitrogen and oxygen atoms in total. The maximum Gasteiger partial charge on any atom is 0.435 e. The summed E-state index contributed by atoms with van der Waals surface area (Å²) in [5.74, 6) is -2.48. The molecule has 3 rings (SSSR count). The molecule has 0 saturated heterocycles. The van der Waals surface area contributed by atoms with Crippen LogP contribution in [-0.2, 0) is 12.7 Å². The van der Waals surface area contributed by atoms with Crippen molar-refractivity contribution in [1.29, 1.82) is 0 Å². The van der Waals surface area contributed by atoms with Crippen molar-refractivity contribution in [2.24, 2.45) is 0 Å². The first-order valence-electron chi connectivity index (χ1n) is 7.58. The number of carbonyl (C=O) groups is 1. The molecule has 0 bridgehead atoms. The van der Waals surface area contributed by atoms with E-state index in [1.54, 1.807) is 0 Å². The van der Waals surface area contributed by atoms with Crippen molar-refractivity contribution in [1.82, 2.24) is 9.78 Å². The molecule has 0 unspecified atom stereocenters. The van der Waals surface area contributed by atoms with Gasteiger partial charge in [0.1, 0.15) is 5.82 Å². The van der Waals surface area contributed by atoms with E-state index in [2.05, 4.69) is 5.10 Å². The number of nitrogens with zero attached hydrogens (tertiary/aromatic N) is 2. The molecular formula is C18H11ClF4N2O2. The lowest BCUT2D eigenvalue weighted by atomic mass is 10.1. The van der Waals surface area contributed by atoms with Crippen LogP contribution in [0.3, 0.4) is 0 Å². The zero-order chi connectivity index (χ0) is 19.8. The van der Waals surface area contributed by atoms with Crippen LogP contribution in [-0.4, -0.2) is 20.9 Å². The van der Waals surface area contributed by atoms with Gasteiger partial charge in [0.05, 0.1) is 12.1 Å². The van der Waals surface area contributed by atoms with Gasteiger partial charge in [-0.15, -0.1) is 0 Å². The lowest BCUT2D eigenvalue weighted by molar-refractivity contribution is -0.141. The van der Waals surface area contributed by atoms with Crippen molar-refractivity contribution in [3.8, 4) is 11.1 Å². The van der Waals surface area contributed by atoms with Crippen LogP contribution in [0.2, 0.25) is 5.02 Å². The minimum Gasteiger partial charge on any atom is -0.478 e. The van der Waals surface area contributed by atoms with E-state index in [1.807, 2.05) is 0 Å². The second kappa shape index (κ2) is 7.03. The van der Waals surface area contributed by atoms with Crippen LogP contribution in [0.1, 0.15) is 21.6 Å². The van der Waals surface area contributed by atoms with Crippen molar-refractivity contribution in [2.75, 3.05) is 0 Å². The summed E-state index contributed by atoms with van der Waals surface area (Å²) in [4.78, 5) is 11.0. The molecule has 0 aliphatic heterocycles. The van der Waals surface area contributed by atoms with Crippen LogP contribution < -0.4 is 0 Å². The summed E-state index contributed by atoms with van der Waals surface area (Å²) in [5.41, 5.74) is -1.71. The van der Waals surface area contributed by atoms with E-state index in [0.29, 0.717) is 5.02 Å². The highest BCUT2D eigenvalue weighted by atomic mass is 35.5. The van der Waals surface area contributed by atoms with Crippen molar-refractivity contribution < 1.29 is 27.5 Å². The highest BCUT2D eigenvalue weighted by Crippen LogP contribution is 2.36. The quantitative estimate of drug-likeness (QED) is 0.621. The Bertz CT molecular complexity index is 998. The van der Waals surface area contributed by atoms with E-state index in [0.717, 1.165) is 16.9 Å². The fourth-order valence-corrected chi connectivity index (χ4v) is 2.72. The number of carboxylic acid groups (broad SMARTS) is 1. The van der Waals surface area contributed by atoms with Gasteiger partial charge < -0.3 is 5.11 Å². The van der Waals surface area contributed by atoms with E-state index >= 15 is 0 Å². The summed E-state index contributed by atoms with van der Waals surface area (Å²) in [6, 6.07) is 9.42. The molecule has 0 fully saturated rings. The maximum atomic E-state index is 14.3. The Labute approximate surface area is 155 Å². The molecule has 1 aromatic heterocycles. The van der Waals surface area contributed by atoms with Crippen LogP contribution in [0.15, 0.2) is 48.7 Å². The molecule has 140 valence electrons. The smallest absolute Gasteiger partial charge is 0.435 e. The summed E-state index contributed by atoms with van der Waals surface area (Å²) in [5, 5.41) is 12.9. The van der Waals surface area contributed by atoms with Gasteiger partial charge >= 0.3 is 12.1 Å². The third-order valence-corrected chi connectivity index (χ3v) is 4.08. The average Bonchev–Trinajstić information content (AvgIpc) is 3.01.